The van der Waals surface area contributed by atoms with E-state index in [1.807, 2.05) is 6.07 Å². The molecule has 7 nitrogen and oxygen atoms in total. The third kappa shape index (κ3) is 1.47. The van der Waals surface area contributed by atoms with Crippen LogP contribution in [-0.4, -0.2) is 38.6 Å². The van der Waals surface area contributed by atoms with Gasteiger partial charge in [0.05, 0.1) is 17.4 Å². The Kier molecular flexibility index (Phi) is 2.36. The fourth-order valence-corrected chi connectivity index (χ4v) is 3.49. The molecule has 0 saturated carbocycles. The second-order valence-corrected chi connectivity index (χ2v) is 6.08. The van der Waals surface area contributed by atoms with Crippen LogP contribution in [0.15, 0.2) is 35.5 Å². The van der Waals surface area contributed by atoms with Crippen molar-refractivity contribution >= 4 is 38.7 Å². The van der Waals surface area contributed by atoms with Crippen molar-refractivity contribution in [2.75, 3.05) is 13.1 Å². The Hall–Kier alpha value is -3.40. The Morgan fingerprint density at radius 3 is 2.92 bits per heavy atom. The number of fused-ring (bicyclic) bond motifs is 2. The second kappa shape index (κ2) is 4.32. The molecule has 1 saturated heterocycles. The quantitative estimate of drug-likeness (QED) is 0.536. The summed E-state index contributed by atoms with van der Waals surface area (Å²) in [6.07, 6.45) is 4.96. The van der Waals surface area contributed by atoms with Crippen LogP contribution in [0.3, 0.4) is 0 Å². The number of amides is 1. The van der Waals surface area contributed by atoms with Gasteiger partial charge in [0.1, 0.15) is 11.2 Å². The molecule has 0 unspecified atom stereocenters. The molecule has 0 aliphatic carbocycles. The fraction of sp³-hybridized carbons (Fsp3) is 0.176. The van der Waals surface area contributed by atoms with E-state index in [0.29, 0.717) is 29.6 Å². The minimum atomic E-state index is -0.266. The molecule has 0 spiro atoms. The maximum absolute atomic E-state index is 12.9. The van der Waals surface area contributed by atoms with Crippen LogP contribution in [0.4, 0.5) is 4.79 Å². The van der Waals surface area contributed by atoms with Crippen molar-refractivity contribution in [3.8, 4) is 6.07 Å². The molecule has 4 aromatic rings. The minimum Gasteiger partial charge on any atom is -0.346 e. The van der Waals surface area contributed by atoms with Crippen molar-refractivity contribution in [1.29, 1.82) is 5.26 Å². The summed E-state index contributed by atoms with van der Waals surface area (Å²) in [6.45, 7) is 0.814. The number of aromatic nitrogens is 3. The lowest BCUT2D eigenvalue weighted by atomic mass is 10.0. The smallest absolute Gasteiger partial charge is 0.328 e. The molecule has 3 aromatic heterocycles. The zero-order chi connectivity index (χ0) is 16.4. The number of benzene rings is 1. The number of likely N-dealkylation sites (tertiary alicyclic amines) is 1. The Balaban J connectivity index is 1.78. The summed E-state index contributed by atoms with van der Waals surface area (Å²) in [5.41, 5.74) is 0.837. The zero-order valence-corrected chi connectivity index (χ0v) is 12.5. The Bertz CT molecular complexity index is 1220. The molecule has 0 atom stereocenters. The van der Waals surface area contributed by atoms with Gasteiger partial charge in [0.2, 0.25) is 5.43 Å². The number of carbonyl (C=O) groups is 1. The number of H-pyrrole nitrogens is 1. The van der Waals surface area contributed by atoms with Crippen LogP contribution in [0.5, 0.6) is 0 Å². The largest absolute Gasteiger partial charge is 0.346 e. The van der Waals surface area contributed by atoms with Crippen LogP contribution in [0.25, 0.3) is 32.7 Å². The molecule has 5 rings (SSSR count). The number of nitrogens with one attached hydrogen (secondary N) is 1. The number of carbonyl (C=O) groups excluding carboxylic acids is 1. The number of nitriles is 1. The highest BCUT2D eigenvalue weighted by Crippen LogP contribution is 2.30. The van der Waals surface area contributed by atoms with Crippen molar-refractivity contribution in [2.24, 2.45) is 5.92 Å². The molecule has 116 valence electrons. The van der Waals surface area contributed by atoms with E-state index >= 15 is 0 Å². The van der Waals surface area contributed by atoms with E-state index in [-0.39, 0.29) is 17.4 Å². The van der Waals surface area contributed by atoms with E-state index < -0.39 is 0 Å². The lowest BCUT2D eigenvalue weighted by molar-refractivity contribution is 0.146. The molecule has 1 N–H and O–H groups in total. The summed E-state index contributed by atoms with van der Waals surface area (Å²) >= 11 is 0. The summed E-state index contributed by atoms with van der Waals surface area (Å²) in [4.78, 5) is 34.4. The SMILES string of the molecule is N#CC1CN(C(=O)n2ccc3c4cc[nH]c5ncc(c(=O)c32)c54)C1. The molecular weight excluding hydrogens is 306 g/mol. The summed E-state index contributed by atoms with van der Waals surface area (Å²) in [7, 11) is 0. The molecule has 7 heteroatoms. The van der Waals surface area contributed by atoms with Crippen molar-refractivity contribution in [3.63, 3.8) is 0 Å². The van der Waals surface area contributed by atoms with Crippen molar-refractivity contribution in [3.05, 3.63) is 40.9 Å². The van der Waals surface area contributed by atoms with Gasteiger partial charge in [-0.05, 0) is 17.5 Å². The number of pyridine rings is 1. The van der Waals surface area contributed by atoms with Gasteiger partial charge in [-0.1, -0.05) is 0 Å². The highest BCUT2D eigenvalue weighted by Gasteiger charge is 2.32. The molecule has 0 radical (unpaired) electrons. The molecule has 4 heterocycles. The minimum absolute atomic E-state index is 0.119. The second-order valence-electron chi connectivity index (χ2n) is 6.08. The van der Waals surface area contributed by atoms with Gasteiger partial charge in [0.25, 0.3) is 0 Å². The Morgan fingerprint density at radius 2 is 2.12 bits per heavy atom. The monoisotopic (exact) mass is 317 g/mol. The number of hydrogen-bond acceptors (Lipinski definition) is 4. The summed E-state index contributed by atoms with van der Waals surface area (Å²) in [6, 6.07) is 5.56. The lowest BCUT2D eigenvalue weighted by Crippen LogP contribution is -2.51. The molecule has 1 fully saturated rings. The lowest BCUT2D eigenvalue weighted by Gasteiger charge is -2.35. The van der Waals surface area contributed by atoms with E-state index in [2.05, 4.69) is 16.0 Å². The maximum Gasteiger partial charge on any atom is 0.328 e. The van der Waals surface area contributed by atoms with Gasteiger partial charge in [0, 0.05) is 42.5 Å². The van der Waals surface area contributed by atoms with Gasteiger partial charge in [-0.15, -0.1) is 0 Å². The standard InChI is InChI=1S/C17H11N5O2/c18-5-9-7-21(8-9)17(24)22-4-2-11-10-1-3-19-16-13(10)12(6-20-16)15(23)14(11)22/h1-4,6,9H,7-8H2,(H,19,20). The molecule has 1 aliphatic heterocycles. The third-order valence-corrected chi connectivity index (χ3v) is 4.75. The van der Waals surface area contributed by atoms with E-state index in [9.17, 15) is 9.59 Å². The highest BCUT2D eigenvalue weighted by molar-refractivity contribution is 6.20. The highest BCUT2D eigenvalue weighted by atomic mass is 16.2. The molecule has 1 aromatic carbocycles. The van der Waals surface area contributed by atoms with E-state index in [1.54, 1.807) is 29.6 Å². The molecule has 24 heavy (non-hydrogen) atoms. The number of nitrogens with zero attached hydrogens (tertiary/aromatic N) is 4. The van der Waals surface area contributed by atoms with E-state index in [4.69, 9.17) is 5.26 Å². The number of rotatable bonds is 0. The van der Waals surface area contributed by atoms with Crippen molar-refractivity contribution in [2.45, 2.75) is 0 Å². The van der Waals surface area contributed by atoms with Crippen LogP contribution in [-0.2, 0) is 0 Å². The number of hydrogen-bond donors (Lipinski definition) is 1. The zero-order valence-electron chi connectivity index (χ0n) is 12.5. The van der Waals surface area contributed by atoms with Crippen LogP contribution in [0.1, 0.15) is 0 Å². The molecule has 1 amide bonds. The van der Waals surface area contributed by atoms with Crippen LogP contribution in [0, 0.1) is 17.2 Å². The summed E-state index contributed by atoms with van der Waals surface area (Å²) in [5, 5.41) is 11.8. The van der Waals surface area contributed by atoms with E-state index in [1.165, 1.54) is 4.57 Å². The average molecular weight is 317 g/mol. The predicted molar refractivity (Wildman–Crippen MR) is 88.0 cm³/mol. The Morgan fingerprint density at radius 1 is 1.29 bits per heavy atom. The Labute approximate surface area is 135 Å². The van der Waals surface area contributed by atoms with Crippen molar-refractivity contribution < 1.29 is 4.79 Å². The van der Waals surface area contributed by atoms with Gasteiger partial charge >= 0.3 is 6.03 Å². The maximum atomic E-state index is 12.9. The van der Waals surface area contributed by atoms with Crippen LogP contribution < -0.4 is 5.43 Å². The van der Waals surface area contributed by atoms with E-state index in [0.717, 1.165) is 16.2 Å². The van der Waals surface area contributed by atoms with Crippen LogP contribution >= 0.6 is 0 Å². The van der Waals surface area contributed by atoms with Gasteiger partial charge in [-0.2, -0.15) is 5.26 Å². The van der Waals surface area contributed by atoms with Crippen LogP contribution in [0.2, 0.25) is 0 Å². The predicted octanol–water partition coefficient (Wildman–Crippen LogP) is 1.89. The summed E-state index contributed by atoms with van der Waals surface area (Å²) in [5.74, 6) is -0.119. The van der Waals surface area contributed by atoms with Gasteiger partial charge < -0.3 is 9.88 Å². The molecular formula is C17H11N5O2. The first-order valence-corrected chi connectivity index (χ1v) is 7.60. The van der Waals surface area contributed by atoms with Gasteiger partial charge in [-0.25, -0.2) is 9.78 Å². The third-order valence-electron chi connectivity index (χ3n) is 4.75. The summed E-state index contributed by atoms with van der Waals surface area (Å²) < 4.78 is 1.39. The topological polar surface area (TPSA) is 94.8 Å². The van der Waals surface area contributed by atoms with Gasteiger partial charge in [-0.3, -0.25) is 9.36 Å². The number of aromatic amines is 1. The first kappa shape index (κ1) is 13.1. The van der Waals surface area contributed by atoms with Gasteiger partial charge in [0.15, 0.2) is 0 Å². The van der Waals surface area contributed by atoms with Crippen molar-refractivity contribution in [1.82, 2.24) is 19.4 Å². The molecule has 0 bridgehead atoms. The first-order valence-electron chi connectivity index (χ1n) is 7.60. The first-order chi connectivity index (χ1) is 11.7. The molecule has 1 aliphatic rings. The fourth-order valence-electron chi connectivity index (χ4n) is 3.49. The normalized spacial score (nSPS) is 15.2. The average Bonchev–Trinajstić information content (AvgIpc) is 3.17.